The van der Waals surface area contributed by atoms with Gasteiger partial charge in [0.05, 0.1) is 12.1 Å². The van der Waals surface area contributed by atoms with E-state index in [4.69, 9.17) is 12.2 Å². The quantitative estimate of drug-likeness (QED) is 0.315. The highest BCUT2D eigenvalue weighted by atomic mass is 32.1. The number of hydrogen-bond donors (Lipinski definition) is 3. The Hall–Kier alpha value is -2.86. The van der Waals surface area contributed by atoms with Gasteiger partial charge in [0.1, 0.15) is 11.4 Å². The van der Waals surface area contributed by atoms with Crippen LogP contribution in [0.1, 0.15) is 43.6 Å². The van der Waals surface area contributed by atoms with Crippen LogP contribution in [0.2, 0.25) is 0 Å². The van der Waals surface area contributed by atoms with Gasteiger partial charge in [-0.15, -0.1) is 17.9 Å². The van der Waals surface area contributed by atoms with Crippen molar-refractivity contribution >= 4 is 46.5 Å². The molecule has 10 nitrogen and oxygen atoms in total. The molecule has 1 aliphatic carbocycles. The lowest BCUT2D eigenvalue weighted by Gasteiger charge is -2.19. The summed E-state index contributed by atoms with van der Waals surface area (Å²) in [5.41, 5.74) is -0.00548. The lowest BCUT2D eigenvalue weighted by molar-refractivity contribution is -0.131. The van der Waals surface area contributed by atoms with E-state index in [0.29, 0.717) is 35.7 Å². The van der Waals surface area contributed by atoms with Crippen molar-refractivity contribution in [2.45, 2.75) is 50.6 Å². The number of rotatable bonds is 8. The van der Waals surface area contributed by atoms with Gasteiger partial charge in [-0.25, -0.2) is 9.78 Å². The molecule has 31 heavy (non-hydrogen) atoms. The second kappa shape index (κ2) is 8.71. The smallest absolute Gasteiger partial charge is 0.323 e. The molecule has 12 heteroatoms. The van der Waals surface area contributed by atoms with Crippen LogP contribution in [-0.2, 0) is 22.6 Å². The number of H-pyrrole nitrogens is 1. The fourth-order valence-electron chi connectivity index (χ4n) is 4.00. The molecule has 0 unspecified atom stereocenters. The van der Waals surface area contributed by atoms with Crippen molar-refractivity contribution in [1.82, 2.24) is 30.0 Å². The highest BCUT2D eigenvalue weighted by Gasteiger charge is 2.52. The summed E-state index contributed by atoms with van der Waals surface area (Å²) in [6, 6.07) is -0.413. The normalized spacial score (nSPS) is 17.4. The van der Waals surface area contributed by atoms with Crippen LogP contribution >= 0.6 is 23.6 Å². The average Bonchev–Trinajstić information content (AvgIpc) is 3.49. The van der Waals surface area contributed by atoms with Gasteiger partial charge in [-0.1, -0.05) is 18.9 Å². The zero-order valence-corrected chi connectivity index (χ0v) is 18.5. The van der Waals surface area contributed by atoms with Crippen LogP contribution in [0.4, 0.5) is 9.93 Å². The number of amides is 4. The van der Waals surface area contributed by atoms with Crippen molar-refractivity contribution in [3.63, 3.8) is 0 Å². The number of thiazole rings is 1. The number of imide groups is 1. The van der Waals surface area contributed by atoms with Crippen LogP contribution in [0, 0.1) is 4.77 Å². The third-order valence-corrected chi connectivity index (χ3v) is 6.67. The fraction of sp³-hybridized carbons (Fsp3) is 0.474. The van der Waals surface area contributed by atoms with Crippen molar-refractivity contribution in [3.05, 3.63) is 34.3 Å². The van der Waals surface area contributed by atoms with E-state index in [2.05, 4.69) is 32.4 Å². The van der Waals surface area contributed by atoms with Crippen molar-refractivity contribution in [2.24, 2.45) is 0 Å². The van der Waals surface area contributed by atoms with Crippen molar-refractivity contribution in [3.8, 4) is 0 Å². The number of urea groups is 1. The summed E-state index contributed by atoms with van der Waals surface area (Å²) in [6.07, 6.45) is 5.38. The van der Waals surface area contributed by atoms with Gasteiger partial charge >= 0.3 is 6.03 Å². The average molecular weight is 462 g/mol. The maximum Gasteiger partial charge on any atom is 0.325 e. The lowest BCUT2D eigenvalue weighted by atomic mass is 9.98. The molecule has 0 aromatic carbocycles. The van der Waals surface area contributed by atoms with Crippen LogP contribution in [0.15, 0.2) is 18.0 Å². The van der Waals surface area contributed by atoms with Gasteiger partial charge in [-0.2, -0.15) is 5.10 Å². The number of hydrogen-bond acceptors (Lipinski definition) is 7. The zero-order valence-electron chi connectivity index (χ0n) is 16.8. The Morgan fingerprint density at radius 2 is 2.16 bits per heavy atom. The van der Waals surface area contributed by atoms with Crippen molar-refractivity contribution in [1.29, 1.82) is 0 Å². The molecule has 2 aliphatic rings. The predicted octanol–water partition coefficient (Wildman–Crippen LogP) is 2.37. The third-order valence-electron chi connectivity index (χ3n) is 5.55. The molecule has 0 bridgehead atoms. The Bertz CT molecular complexity index is 1080. The molecule has 3 N–H and O–H groups in total. The van der Waals surface area contributed by atoms with E-state index in [-0.39, 0.29) is 24.8 Å². The number of nitrogens with zero attached hydrogens (tertiary/aromatic N) is 4. The van der Waals surface area contributed by atoms with Crippen LogP contribution in [0.3, 0.4) is 0 Å². The monoisotopic (exact) mass is 461 g/mol. The second-order valence-electron chi connectivity index (χ2n) is 7.64. The summed E-state index contributed by atoms with van der Waals surface area (Å²) < 4.78 is 2.34. The number of anilines is 1. The van der Waals surface area contributed by atoms with E-state index < -0.39 is 11.6 Å². The highest BCUT2D eigenvalue weighted by Crippen LogP contribution is 2.35. The Balaban J connectivity index is 1.31. The number of carbonyl (C=O) groups is 3. The fourth-order valence-corrected chi connectivity index (χ4v) is 4.95. The molecule has 2 fully saturated rings. The zero-order chi connectivity index (χ0) is 22.0. The first-order valence-corrected chi connectivity index (χ1v) is 11.3. The van der Waals surface area contributed by atoms with E-state index in [1.807, 2.05) is 9.95 Å². The first-order chi connectivity index (χ1) is 14.9. The van der Waals surface area contributed by atoms with Gasteiger partial charge in [0.15, 0.2) is 9.90 Å². The lowest BCUT2D eigenvalue weighted by Crippen LogP contribution is -2.44. The summed E-state index contributed by atoms with van der Waals surface area (Å²) in [7, 11) is 0. The standard InChI is InChI=1S/C19H23N7O3S2/c1-2-8-25-13(23-24-18(25)30)10-12-11-31-16(20-12)21-14(27)5-9-26-15(28)19(22-17(26)29)6-3-4-7-19/h2,11H,1,3-10H2,(H,22,29)(H,24,30)(H,20,21,27). The molecule has 2 aromatic heterocycles. The Morgan fingerprint density at radius 3 is 2.90 bits per heavy atom. The third kappa shape index (κ3) is 4.30. The number of carbonyl (C=O) groups excluding carboxylic acids is 3. The summed E-state index contributed by atoms with van der Waals surface area (Å²) in [6.45, 7) is 4.31. The molecular formula is C19H23N7O3S2. The van der Waals surface area contributed by atoms with Gasteiger partial charge in [0.25, 0.3) is 5.91 Å². The highest BCUT2D eigenvalue weighted by molar-refractivity contribution is 7.71. The molecule has 2 aromatic rings. The molecule has 0 atom stereocenters. The summed E-state index contributed by atoms with van der Waals surface area (Å²) in [5.74, 6) is 0.211. The minimum atomic E-state index is -0.753. The van der Waals surface area contributed by atoms with Crippen LogP contribution in [0.5, 0.6) is 0 Å². The van der Waals surface area contributed by atoms with E-state index in [0.717, 1.165) is 29.3 Å². The number of nitrogens with one attached hydrogen (secondary N) is 3. The van der Waals surface area contributed by atoms with E-state index in [1.54, 1.807) is 6.08 Å². The molecule has 3 heterocycles. The molecular weight excluding hydrogens is 438 g/mol. The Labute approximate surface area is 187 Å². The minimum absolute atomic E-state index is 0.0160. The van der Waals surface area contributed by atoms with Gasteiger partial charge in [0, 0.05) is 24.9 Å². The van der Waals surface area contributed by atoms with Gasteiger partial charge < -0.3 is 10.6 Å². The van der Waals surface area contributed by atoms with Gasteiger partial charge in [-0.3, -0.25) is 24.2 Å². The Morgan fingerprint density at radius 1 is 1.39 bits per heavy atom. The SMILES string of the molecule is C=CCn1c(Cc2csc(NC(=O)CCN3C(=O)NC4(CCCC4)C3=O)n2)n[nH]c1=S. The summed E-state index contributed by atoms with van der Waals surface area (Å²) in [4.78, 5) is 42.8. The second-order valence-corrected chi connectivity index (χ2v) is 8.88. The topological polar surface area (TPSA) is 125 Å². The van der Waals surface area contributed by atoms with Crippen molar-refractivity contribution < 1.29 is 14.4 Å². The predicted molar refractivity (Wildman–Crippen MR) is 117 cm³/mol. The molecule has 4 amide bonds. The molecule has 1 saturated carbocycles. The summed E-state index contributed by atoms with van der Waals surface area (Å²) >= 11 is 6.51. The van der Waals surface area contributed by atoms with Gasteiger partial charge in [-0.05, 0) is 25.1 Å². The molecule has 4 rings (SSSR count). The van der Waals surface area contributed by atoms with E-state index in [9.17, 15) is 14.4 Å². The van der Waals surface area contributed by atoms with Crippen LogP contribution in [0.25, 0.3) is 0 Å². The summed E-state index contributed by atoms with van der Waals surface area (Å²) in [5, 5.41) is 14.8. The van der Waals surface area contributed by atoms with Gasteiger partial charge in [0.2, 0.25) is 5.91 Å². The van der Waals surface area contributed by atoms with Crippen LogP contribution < -0.4 is 10.6 Å². The maximum atomic E-state index is 12.6. The number of aromatic amines is 1. The molecule has 1 aliphatic heterocycles. The number of aromatic nitrogens is 4. The molecule has 1 spiro atoms. The van der Waals surface area contributed by atoms with Crippen LogP contribution in [-0.4, -0.2) is 54.6 Å². The maximum absolute atomic E-state index is 12.6. The Kier molecular flexibility index (Phi) is 6.01. The molecule has 1 saturated heterocycles. The first-order valence-electron chi connectivity index (χ1n) is 10.1. The molecule has 0 radical (unpaired) electrons. The minimum Gasteiger partial charge on any atom is -0.323 e. The van der Waals surface area contributed by atoms with E-state index in [1.165, 1.54) is 11.3 Å². The largest absolute Gasteiger partial charge is 0.325 e. The van der Waals surface area contributed by atoms with E-state index >= 15 is 0 Å². The van der Waals surface area contributed by atoms with Crippen molar-refractivity contribution in [2.75, 3.05) is 11.9 Å². The first kappa shape index (κ1) is 21.4. The molecule has 164 valence electrons. The number of allylic oxidation sites excluding steroid dienone is 1.